The van der Waals surface area contributed by atoms with Crippen molar-refractivity contribution in [3.63, 3.8) is 0 Å². The summed E-state index contributed by atoms with van der Waals surface area (Å²) in [5.41, 5.74) is 0.409. The lowest BCUT2D eigenvalue weighted by molar-refractivity contribution is -0.138. The molecule has 5 nitrogen and oxygen atoms in total. The molecule has 0 aliphatic heterocycles. The fourth-order valence-electron chi connectivity index (χ4n) is 2.50. The highest BCUT2D eigenvalue weighted by atomic mass is 19.1. The third kappa shape index (κ3) is 3.69. The van der Waals surface area contributed by atoms with Crippen LogP contribution in [0.15, 0.2) is 24.3 Å². The van der Waals surface area contributed by atoms with Crippen LogP contribution in [0.1, 0.15) is 43.2 Å². The van der Waals surface area contributed by atoms with E-state index in [9.17, 15) is 14.0 Å². The van der Waals surface area contributed by atoms with E-state index in [2.05, 4.69) is 10.3 Å². The second kappa shape index (κ2) is 6.55. The number of carboxylic acid groups (broad SMARTS) is 1. The van der Waals surface area contributed by atoms with Crippen LogP contribution in [0.25, 0.3) is 10.9 Å². The molecule has 2 aromatic rings. The normalized spacial score (nSPS) is 13.8. The molecule has 1 heterocycles. The van der Waals surface area contributed by atoms with Gasteiger partial charge in [0.15, 0.2) is 0 Å². The zero-order valence-electron chi connectivity index (χ0n) is 14.2. The molecule has 1 amide bonds. The summed E-state index contributed by atoms with van der Waals surface area (Å²) < 4.78 is 13.3. The quantitative estimate of drug-likeness (QED) is 0.880. The number of aryl methyl sites for hydroxylation is 1. The summed E-state index contributed by atoms with van der Waals surface area (Å²) in [4.78, 5) is 28.0. The maximum absolute atomic E-state index is 13.3. The Labute approximate surface area is 139 Å². The van der Waals surface area contributed by atoms with Crippen LogP contribution < -0.4 is 5.32 Å². The first-order chi connectivity index (χ1) is 11.1. The standard InChI is InChI=1S/C18H21FN2O3/c1-10(2)18(4,9-16(22)23)21-17(24)14-7-12-5-6-13(19)8-15(12)20-11(14)3/h5-8,10H,9H2,1-4H3,(H,21,24)(H,22,23). The summed E-state index contributed by atoms with van der Waals surface area (Å²) in [6.07, 6.45) is -0.179. The number of carbonyl (C=O) groups excluding carboxylic acids is 1. The molecule has 128 valence electrons. The minimum atomic E-state index is -0.977. The molecule has 0 spiro atoms. The van der Waals surface area contributed by atoms with E-state index in [-0.39, 0.29) is 24.1 Å². The fourth-order valence-corrected chi connectivity index (χ4v) is 2.50. The Bertz CT molecular complexity index is 804. The van der Waals surface area contributed by atoms with Crippen molar-refractivity contribution in [3.05, 3.63) is 41.3 Å². The van der Waals surface area contributed by atoms with Gasteiger partial charge in [-0.15, -0.1) is 0 Å². The third-order valence-corrected chi connectivity index (χ3v) is 4.41. The van der Waals surface area contributed by atoms with Crippen LogP contribution in [-0.4, -0.2) is 27.5 Å². The highest BCUT2D eigenvalue weighted by Crippen LogP contribution is 2.23. The van der Waals surface area contributed by atoms with Gasteiger partial charge in [-0.2, -0.15) is 0 Å². The van der Waals surface area contributed by atoms with Crippen LogP contribution in [0.5, 0.6) is 0 Å². The minimum Gasteiger partial charge on any atom is -0.481 e. The van der Waals surface area contributed by atoms with Gasteiger partial charge in [0.25, 0.3) is 5.91 Å². The van der Waals surface area contributed by atoms with E-state index in [4.69, 9.17) is 5.11 Å². The van der Waals surface area contributed by atoms with Crippen molar-refractivity contribution in [3.8, 4) is 0 Å². The van der Waals surface area contributed by atoms with Gasteiger partial charge in [0.1, 0.15) is 5.82 Å². The summed E-state index contributed by atoms with van der Waals surface area (Å²) in [6.45, 7) is 7.10. The zero-order valence-corrected chi connectivity index (χ0v) is 14.2. The number of halogens is 1. The van der Waals surface area contributed by atoms with Crippen LogP contribution in [0.3, 0.4) is 0 Å². The van der Waals surface area contributed by atoms with E-state index < -0.39 is 11.5 Å². The van der Waals surface area contributed by atoms with Gasteiger partial charge in [-0.3, -0.25) is 14.6 Å². The van der Waals surface area contributed by atoms with Gasteiger partial charge in [-0.05, 0) is 38.0 Å². The Morgan fingerprint density at radius 2 is 2.00 bits per heavy atom. The molecular formula is C18H21FN2O3. The molecule has 2 rings (SSSR count). The molecule has 1 atom stereocenters. The third-order valence-electron chi connectivity index (χ3n) is 4.41. The predicted molar refractivity (Wildman–Crippen MR) is 89.4 cm³/mol. The van der Waals surface area contributed by atoms with E-state index >= 15 is 0 Å². The van der Waals surface area contributed by atoms with E-state index in [1.807, 2.05) is 13.8 Å². The lowest BCUT2D eigenvalue weighted by atomic mass is 9.85. The number of amides is 1. The molecule has 0 aliphatic carbocycles. The molecule has 0 saturated carbocycles. The number of nitrogens with one attached hydrogen (secondary N) is 1. The van der Waals surface area contributed by atoms with Crippen LogP contribution in [0.4, 0.5) is 4.39 Å². The van der Waals surface area contributed by atoms with Gasteiger partial charge >= 0.3 is 5.97 Å². The Kier molecular flexibility index (Phi) is 4.87. The number of hydrogen-bond donors (Lipinski definition) is 2. The molecule has 0 radical (unpaired) electrons. The Morgan fingerprint density at radius 1 is 1.33 bits per heavy atom. The first-order valence-electron chi connectivity index (χ1n) is 7.73. The highest BCUT2D eigenvalue weighted by molar-refractivity contribution is 5.99. The number of aromatic nitrogens is 1. The van der Waals surface area contributed by atoms with Crippen molar-refractivity contribution >= 4 is 22.8 Å². The first-order valence-corrected chi connectivity index (χ1v) is 7.73. The second-order valence-electron chi connectivity index (χ2n) is 6.56. The van der Waals surface area contributed by atoms with Gasteiger partial charge < -0.3 is 10.4 Å². The Hall–Kier alpha value is -2.50. The van der Waals surface area contributed by atoms with Crippen LogP contribution in [0, 0.1) is 18.7 Å². The van der Waals surface area contributed by atoms with Gasteiger partial charge in [0.2, 0.25) is 0 Å². The second-order valence-corrected chi connectivity index (χ2v) is 6.56. The minimum absolute atomic E-state index is 0.0691. The van der Waals surface area contributed by atoms with E-state index in [0.29, 0.717) is 22.2 Å². The molecule has 24 heavy (non-hydrogen) atoms. The number of carboxylic acids is 1. The molecule has 1 aromatic heterocycles. The van der Waals surface area contributed by atoms with Gasteiger partial charge in [0, 0.05) is 11.5 Å². The molecule has 0 fully saturated rings. The zero-order chi connectivity index (χ0) is 18.1. The number of rotatable bonds is 5. The Morgan fingerprint density at radius 3 is 2.58 bits per heavy atom. The predicted octanol–water partition coefficient (Wildman–Crippen LogP) is 3.30. The Balaban J connectivity index is 2.38. The van der Waals surface area contributed by atoms with Crippen LogP contribution in [-0.2, 0) is 4.79 Å². The number of hydrogen-bond acceptors (Lipinski definition) is 3. The van der Waals surface area contributed by atoms with Crippen molar-refractivity contribution in [1.29, 1.82) is 0 Å². The molecule has 0 aliphatic rings. The average Bonchev–Trinajstić information content (AvgIpc) is 2.45. The number of carbonyl (C=O) groups is 2. The van der Waals surface area contributed by atoms with Crippen LogP contribution in [0.2, 0.25) is 0 Å². The first kappa shape index (κ1) is 17.8. The van der Waals surface area contributed by atoms with E-state index in [1.54, 1.807) is 26.0 Å². The van der Waals surface area contributed by atoms with E-state index in [1.165, 1.54) is 12.1 Å². The molecule has 2 N–H and O–H groups in total. The lowest BCUT2D eigenvalue weighted by Gasteiger charge is -2.33. The molecule has 0 bridgehead atoms. The topological polar surface area (TPSA) is 79.3 Å². The van der Waals surface area contributed by atoms with Crippen molar-refractivity contribution in [2.75, 3.05) is 0 Å². The summed E-state index contributed by atoms with van der Waals surface area (Å²) >= 11 is 0. The van der Waals surface area contributed by atoms with E-state index in [0.717, 1.165) is 0 Å². The maximum Gasteiger partial charge on any atom is 0.305 e. The molecule has 1 unspecified atom stereocenters. The molecule has 0 saturated heterocycles. The molecule has 1 aromatic carbocycles. The summed E-state index contributed by atoms with van der Waals surface area (Å²) in [5, 5.41) is 12.6. The van der Waals surface area contributed by atoms with Gasteiger partial charge in [0.05, 0.1) is 28.7 Å². The number of nitrogens with zero attached hydrogens (tertiary/aromatic N) is 1. The van der Waals surface area contributed by atoms with Crippen molar-refractivity contribution in [1.82, 2.24) is 10.3 Å². The summed E-state index contributed by atoms with van der Waals surface area (Å²) in [5.74, 6) is -1.82. The van der Waals surface area contributed by atoms with Crippen molar-refractivity contribution in [2.45, 2.75) is 39.7 Å². The summed E-state index contributed by atoms with van der Waals surface area (Å²) in [7, 11) is 0. The average molecular weight is 332 g/mol. The van der Waals surface area contributed by atoms with Crippen molar-refractivity contribution < 1.29 is 19.1 Å². The largest absolute Gasteiger partial charge is 0.481 e. The molecular weight excluding hydrogens is 311 g/mol. The van der Waals surface area contributed by atoms with Gasteiger partial charge in [-0.25, -0.2) is 4.39 Å². The number of benzene rings is 1. The SMILES string of the molecule is Cc1nc2cc(F)ccc2cc1C(=O)NC(C)(CC(=O)O)C(C)C. The highest BCUT2D eigenvalue weighted by Gasteiger charge is 2.33. The number of aliphatic carboxylic acids is 1. The lowest BCUT2D eigenvalue weighted by Crippen LogP contribution is -2.51. The van der Waals surface area contributed by atoms with Crippen LogP contribution >= 0.6 is 0 Å². The maximum atomic E-state index is 13.3. The van der Waals surface area contributed by atoms with Gasteiger partial charge in [-0.1, -0.05) is 13.8 Å². The summed E-state index contributed by atoms with van der Waals surface area (Å²) in [6, 6.07) is 5.83. The molecule has 6 heteroatoms. The smallest absolute Gasteiger partial charge is 0.305 e. The van der Waals surface area contributed by atoms with Crippen molar-refractivity contribution in [2.24, 2.45) is 5.92 Å². The number of fused-ring (bicyclic) bond motifs is 1. The fraction of sp³-hybridized carbons (Fsp3) is 0.389. The monoisotopic (exact) mass is 332 g/mol. The number of pyridine rings is 1.